The fourth-order valence-corrected chi connectivity index (χ4v) is 3.72. The van der Waals surface area contributed by atoms with Crippen molar-refractivity contribution in [3.05, 3.63) is 29.1 Å². The number of hydrogen-bond donors (Lipinski definition) is 0. The normalized spacial score (nSPS) is 21.7. The Morgan fingerprint density at radius 3 is 2.63 bits per heavy atom. The maximum Gasteiger partial charge on any atom is 0.282 e. The Morgan fingerprint density at radius 2 is 2.07 bits per heavy atom. The van der Waals surface area contributed by atoms with E-state index in [1.165, 1.54) is 22.8 Å². The van der Waals surface area contributed by atoms with Crippen LogP contribution in [0.25, 0.3) is 0 Å². The van der Waals surface area contributed by atoms with Crippen molar-refractivity contribution in [1.82, 2.24) is 14.7 Å². The van der Waals surface area contributed by atoms with Crippen LogP contribution >= 0.6 is 0 Å². The number of aromatic nitrogens is 2. The van der Waals surface area contributed by atoms with Crippen molar-refractivity contribution in [1.29, 1.82) is 5.26 Å². The summed E-state index contributed by atoms with van der Waals surface area (Å²) in [4.78, 5) is 26.2. The summed E-state index contributed by atoms with van der Waals surface area (Å²) in [5, 5.41) is 12.9. The predicted octanol–water partition coefficient (Wildman–Crippen LogP) is 3.28. The SMILES string of the molecule is CN(CC[C@]1(C)C=C(C#N)C(=O)C(C)(C)C1)C(=O)c1cn(C)nc1C(F)F. The van der Waals surface area contributed by atoms with Crippen molar-refractivity contribution in [2.24, 2.45) is 17.9 Å². The monoisotopic (exact) mass is 378 g/mol. The van der Waals surface area contributed by atoms with Gasteiger partial charge < -0.3 is 4.90 Å². The number of aryl methyl sites for hydroxylation is 1. The first-order valence-electron chi connectivity index (χ1n) is 8.65. The van der Waals surface area contributed by atoms with Gasteiger partial charge in [0, 0.05) is 32.3 Å². The number of halogens is 2. The Morgan fingerprint density at radius 1 is 1.44 bits per heavy atom. The molecule has 0 N–H and O–H groups in total. The third kappa shape index (κ3) is 4.24. The smallest absolute Gasteiger partial charge is 0.282 e. The van der Waals surface area contributed by atoms with Gasteiger partial charge >= 0.3 is 0 Å². The van der Waals surface area contributed by atoms with Gasteiger partial charge in [0.15, 0.2) is 5.78 Å². The largest absolute Gasteiger partial charge is 0.342 e. The van der Waals surface area contributed by atoms with E-state index in [0.717, 1.165) is 0 Å². The zero-order valence-corrected chi connectivity index (χ0v) is 16.2. The van der Waals surface area contributed by atoms with Gasteiger partial charge in [-0.05, 0) is 18.3 Å². The third-order valence-corrected chi connectivity index (χ3v) is 4.98. The summed E-state index contributed by atoms with van der Waals surface area (Å²) in [6.45, 7) is 5.84. The van der Waals surface area contributed by atoms with Crippen LogP contribution in [0.3, 0.4) is 0 Å². The maximum atomic E-state index is 13.1. The lowest BCUT2D eigenvalue weighted by Gasteiger charge is -2.39. The summed E-state index contributed by atoms with van der Waals surface area (Å²) in [6.07, 6.45) is 1.18. The van der Waals surface area contributed by atoms with Gasteiger partial charge in [0.25, 0.3) is 12.3 Å². The minimum Gasteiger partial charge on any atom is -0.342 e. The summed E-state index contributed by atoms with van der Waals surface area (Å²) in [5.41, 5.74) is -1.62. The van der Waals surface area contributed by atoms with Gasteiger partial charge in [-0.15, -0.1) is 0 Å². The standard InChI is InChI=1S/C19H24F2N4O2/c1-18(2)11-19(3,8-12(9-22)15(18)26)6-7-24(4)17(27)13-10-25(5)23-14(13)16(20)21/h8,10,16H,6-7,11H2,1-5H3/t19-/m1/s1. The molecule has 27 heavy (non-hydrogen) atoms. The van der Waals surface area contributed by atoms with Crippen LogP contribution in [-0.2, 0) is 11.8 Å². The summed E-state index contributed by atoms with van der Waals surface area (Å²) in [6, 6.07) is 1.96. The van der Waals surface area contributed by atoms with E-state index >= 15 is 0 Å². The number of rotatable bonds is 5. The van der Waals surface area contributed by atoms with Gasteiger partial charge in [-0.3, -0.25) is 14.3 Å². The van der Waals surface area contributed by atoms with Crippen LogP contribution in [0.5, 0.6) is 0 Å². The van der Waals surface area contributed by atoms with Gasteiger partial charge in [-0.25, -0.2) is 8.78 Å². The fraction of sp³-hybridized carbons (Fsp3) is 0.579. The first kappa shape index (κ1) is 20.7. The van der Waals surface area contributed by atoms with Gasteiger partial charge in [-0.1, -0.05) is 26.8 Å². The number of amides is 1. The number of allylic oxidation sites excluding steroid dienone is 2. The number of alkyl halides is 2. The molecule has 1 aliphatic rings. The molecule has 1 aromatic heterocycles. The Kier molecular flexibility index (Phi) is 5.55. The van der Waals surface area contributed by atoms with Gasteiger partial charge in [0.2, 0.25) is 0 Å². The van der Waals surface area contributed by atoms with Crippen molar-refractivity contribution in [3.63, 3.8) is 0 Å². The summed E-state index contributed by atoms with van der Waals surface area (Å²) >= 11 is 0. The lowest BCUT2D eigenvalue weighted by molar-refractivity contribution is -0.125. The molecule has 8 heteroatoms. The Hall–Kier alpha value is -2.56. The van der Waals surface area contributed by atoms with Gasteiger partial charge in [0.05, 0.1) is 11.1 Å². The molecule has 0 saturated carbocycles. The van der Waals surface area contributed by atoms with Crippen LogP contribution in [0.2, 0.25) is 0 Å². The molecule has 1 heterocycles. The first-order valence-corrected chi connectivity index (χ1v) is 8.65. The highest BCUT2D eigenvalue weighted by Crippen LogP contribution is 2.44. The lowest BCUT2D eigenvalue weighted by atomic mass is 9.64. The minimum absolute atomic E-state index is 0.118. The van der Waals surface area contributed by atoms with Crippen molar-refractivity contribution in [3.8, 4) is 6.07 Å². The predicted molar refractivity (Wildman–Crippen MR) is 95.0 cm³/mol. The average Bonchev–Trinajstić information content (AvgIpc) is 2.97. The fourth-order valence-electron chi connectivity index (χ4n) is 3.72. The average molecular weight is 378 g/mol. The van der Waals surface area contributed by atoms with E-state index in [2.05, 4.69) is 5.10 Å². The zero-order chi connectivity index (χ0) is 20.6. The molecule has 0 fully saturated rings. The summed E-state index contributed by atoms with van der Waals surface area (Å²) in [7, 11) is 3.03. The van der Waals surface area contributed by atoms with Crippen molar-refractivity contribution in [2.75, 3.05) is 13.6 Å². The van der Waals surface area contributed by atoms with Gasteiger partial charge in [-0.2, -0.15) is 10.4 Å². The number of Topliss-reactive ketones (excluding diaryl/α,β-unsaturated/α-hetero) is 1. The molecule has 0 unspecified atom stereocenters. The van der Waals surface area contributed by atoms with Crippen LogP contribution in [0, 0.1) is 22.2 Å². The number of carbonyl (C=O) groups is 2. The van der Waals surface area contributed by atoms with Crippen LogP contribution in [0.15, 0.2) is 17.8 Å². The highest BCUT2D eigenvalue weighted by Gasteiger charge is 2.42. The molecule has 1 aromatic rings. The number of carbonyl (C=O) groups excluding carboxylic acids is 2. The summed E-state index contributed by atoms with van der Waals surface area (Å²) < 4.78 is 27.4. The number of nitrogens with zero attached hydrogens (tertiary/aromatic N) is 4. The lowest BCUT2D eigenvalue weighted by Crippen LogP contribution is -2.39. The Balaban J connectivity index is 2.16. The second-order valence-electron chi connectivity index (χ2n) is 8.09. The molecule has 0 spiro atoms. The van der Waals surface area contributed by atoms with Crippen molar-refractivity contribution in [2.45, 2.75) is 40.0 Å². The summed E-state index contributed by atoms with van der Waals surface area (Å²) in [5.74, 6) is -0.707. The van der Waals surface area contributed by atoms with E-state index in [1.54, 1.807) is 27.0 Å². The quantitative estimate of drug-likeness (QED) is 0.788. The Bertz CT molecular complexity index is 835. The molecule has 0 bridgehead atoms. The van der Waals surface area contributed by atoms with Crippen LogP contribution < -0.4 is 0 Å². The first-order chi connectivity index (χ1) is 12.4. The van der Waals surface area contributed by atoms with E-state index in [-0.39, 0.29) is 16.9 Å². The number of hydrogen-bond acceptors (Lipinski definition) is 4. The van der Waals surface area contributed by atoms with E-state index in [0.29, 0.717) is 19.4 Å². The third-order valence-electron chi connectivity index (χ3n) is 4.98. The van der Waals surface area contributed by atoms with E-state index in [4.69, 9.17) is 0 Å². The molecule has 6 nitrogen and oxygen atoms in total. The van der Waals surface area contributed by atoms with Gasteiger partial charge in [0.1, 0.15) is 11.8 Å². The van der Waals surface area contributed by atoms with E-state index in [9.17, 15) is 23.6 Å². The molecule has 2 rings (SSSR count). The van der Waals surface area contributed by atoms with Crippen LogP contribution in [0.4, 0.5) is 8.78 Å². The molecule has 146 valence electrons. The van der Waals surface area contributed by atoms with Crippen LogP contribution in [0.1, 0.15) is 56.1 Å². The second-order valence-corrected chi connectivity index (χ2v) is 8.09. The Labute approximate surface area is 157 Å². The molecule has 0 aliphatic heterocycles. The highest BCUT2D eigenvalue weighted by molar-refractivity contribution is 6.03. The molecule has 1 aliphatic carbocycles. The second kappa shape index (κ2) is 7.22. The molecular weight excluding hydrogens is 354 g/mol. The molecule has 0 saturated heterocycles. The molecule has 0 radical (unpaired) electrons. The molecule has 0 aromatic carbocycles. The maximum absolute atomic E-state index is 13.1. The van der Waals surface area contributed by atoms with E-state index in [1.807, 2.05) is 13.0 Å². The molecular formula is C19H24F2N4O2. The highest BCUT2D eigenvalue weighted by atomic mass is 19.3. The minimum atomic E-state index is -2.83. The zero-order valence-electron chi connectivity index (χ0n) is 16.2. The number of nitriles is 1. The van der Waals surface area contributed by atoms with Crippen LogP contribution in [-0.4, -0.2) is 40.0 Å². The van der Waals surface area contributed by atoms with E-state index < -0.39 is 28.9 Å². The number of ketones is 1. The molecule has 1 atom stereocenters. The molecule has 1 amide bonds. The topological polar surface area (TPSA) is 79.0 Å². The van der Waals surface area contributed by atoms with Crippen molar-refractivity contribution < 1.29 is 18.4 Å². The van der Waals surface area contributed by atoms with Crippen molar-refractivity contribution >= 4 is 11.7 Å².